The van der Waals surface area contributed by atoms with Crippen molar-refractivity contribution in [2.24, 2.45) is 17.4 Å². The monoisotopic (exact) mass is 261 g/mol. The molecule has 2 atom stereocenters. The van der Waals surface area contributed by atoms with E-state index in [1.54, 1.807) is 12.1 Å². The highest BCUT2D eigenvalue weighted by Crippen LogP contribution is 2.20. The Morgan fingerprint density at radius 2 is 2.05 bits per heavy atom. The summed E-state index contributed by atoms with van der Waals surface area (Å²) >= 11 is 0. The predicted octanol–water partition coefficient (Wildman–Crippen LogP) is 1.34. The Morgan fingerprint density at radius 3 is 2.63 bits per heavy atom. The first-order chi connectivity index (χ1) is 9.10. The lowest BCUT2D eigenvalue weighted by Crippen LogP contribution is -2.46. The molecule has 1 saturated heterocycles. The van der Waals surface area contributed by atoms with Crippen molar-refractivity contribution in [3.05, 3.63) is 35.4 Å². The number of amides is 1. The maximum Gasteiger partial charge on any atom is 0.248 e. The van der Waals surface area contributed by atoms with Gasteiger partial charge in [0.2, 0.25) is 5.91 Å². The topological polar surface area (TPSA) is 72.3 Å². The predicted molar refractivity (Wildman–Crippen MR) is 76.6 cm³/mol. The van der Waals surface area contributed by atoms with Crippen LogP contribution in [0.2, 0.25) is 0 Å². The number of primary amides is 1. The molecule has 1 aliphatic rings. The van der Waals surface area contributed by atoms with E-state index in [1.165, 1.54) is 5.56 Å². The van der Waals surface area contributed by atoms with Crippen molar-refractivity contribution in [2.75, 3.05) is 13.1 Å². The third-order valence-corrected chi connectivity index (χ3v) is 4.05. The minimum absolute atomic E-state index is 0.346. The van der Waals surface area contributed by atoms with Gasteiger partial charge in [0.05, 0.1) is 0 Å². The van der Waals surface area contributed by atoms with Crippen LogP contribution in [0.4, 0.5) is 0 Å². The number of likely N-dealkylation sites (tertiary alicyclic amines) is 1. The fourth-order valence-corrected chi connectivity index (χ4v) is 2.73. The zero-order valence-corrected chi connectivity index (χ0v) is 11.5. The van der Waals surface area contributed by atoms with Crippen LogP contribution < -0.4 is 11.5 Å². The molecule has 1 fully saturated rings. The quantitative estimate of drug-likeness (QED) is 0.859. The minimum Gasteiger partial charge on any atom is -0.366 e. The van der Waals surface area contributed by atoms with Crippen LogP contribution >= 0.6 is 0 Å². The number of nitrogens with two attached hydrogens (primary N) is 2. The van der Waals surface area contributed by atoms with E-state index in [2.05, 4.69) is 11.8 Å². The average Bonchev–Trinajstić information content (AvgIpc) is 2.41. The van der Waals surface area contributed by atoms with Crippen LogP contribution in [0.3, 0.4) is 0 Å². The maximum absolute atomic E-state index is 11.0. The Bertz CT molecular complexity index is 430. The summed E-state index contributed by atoms with van der Waals surface area (Å²) in [5.41, 5.74) is 13.1. The molecule has 4 nitrogen and oxygen atoms in total. The molecule has 1 heterocycles. The van der Waals surface area contributed by atoms with Crippen LogP contribution in [0.25, 0.3) is 0 Å². The van der Waals surface area contributed by atoms with Gasteiger partial charge in [-0.15, -0.1) is 0 Å². The summed E-state index contributed by atoms with van der Waals surface area (Å²) in [6.07, 6.45) is 2.20. The van der Waals surface area contributed by atoms with Crippen molar-refractivity contribution in [2.45, 2.75) is 32.4 Å². The first-order valence-corrected chi connectivity index (χ1v) is 6.96. The summed E-state index contributed by atoms with van der Waals surface area (Å²) in [5.74, 6) is 0.222. The largest absolute Gasteiger partial charge is 0.366 e. The Labute approximate surface area is 114 Å². The van der Waals surface area contributed by atoms with Crippen molar-refractivity contribution < 1.29 is 4.79 Å². The van der Waals surface area contributed by atoms with Gasteiger partial charge in [0.25, 0.3) is 0 Å². The molecule has 4 heteroatoms. The van der Waals surface area contributed by atoms with Gasteiger partial charge in [-0.25, -0.2) is 0 Å². The van der Waals surface area contributed by atoms with Crippen molar-refractivity contribution in [1.29, 1.82) is 0 Å². The number of carbonyl (C=O) groups is 1. The number of carbonyl (C=O) groups excluding carboxylic acids is 1. The molecule has 0 aromatic heterocycles. The Kier molecular flexibility index (Phi) is 4.56. The zero-order valence-electron chi connectivity index (χ0n) is 11.5. The number of piperidine rings is 1. The van der Waals surface area contributed by atoms with E-state index in [4.69, 9.17) is 11.5 Å². The van der Waals surface area contributed by atoms with Gasteiger partial charge in [-0.05, 0) is 36.6 Å². The van der Waals surface area contributed by atoms with Gasteiger partial charge in [-0.1, -0.05) is 25.5 Å². The second-order valence-corrected chi connectivity index (χ2v) is 5.42. The standard InChI is InChI=1S/C15H23N3O/c1-2-12-10-18(8-7-14(12)16)9-11-3-5-13(6-4-11)15(17)19/h3-6,12,14H,2,7-10,16H2,1H3,(H2,17,19). The van der Waals surface area contributed by atoms with Gasteiger partial charge in [-0.3, -0.25) is 9.69 Å². The second kappa shape index (κ2) is 6.17. The number of hydrogen-bond donors (Lipinski definition) is 2. The molecule has 1 aliphatic heterocycles. The number of benzene rings is 1. The lowest BCUT2D eigenvalue weighted by Gasteiger charge is -2.36. The van der Waals surface area contributed by atoms with E-state index >= 15 is 0 Å². The molecule has 0 bridgehead atoms. The molecule has 0 radical (unpaired) electrons. The van der Waals surface area contributed by atoms with Gasteiger partial charge >= 0.3 is 0 Å². The summed E-state index contributed by atoms with van der Waals surface area (Å²) in [6, 6.07) is 7.90. The van der Waals surface area contributed by atoms with Crippen molar-refractivity contribution in [1.82, 2.24) is 4.90 Å². The fourth-order valence-electron chi connectivity index (χ4n) is 2.73. The summed E-state index contributed by atoms with van der Waals surface area (Å²) in [4.78, 5) is 13.5. The highest BCUT2D eigenvalue weighted by molar-refractivity contribution is 5.92. The zero-order chi connectivity index (χ0) is 13.8. The summed E-state index contributed by atoms with van der Waals surface area (Å²) in [6.45, 7) is 5.24. The molecule has 19 heavy (non-hydrogen) atoms. The first kappa shape index (κ1) is 14.0. The number of hydrogen-bond acceptors (Lipinski definition) is 3. The second-order valence-electron chi connectivity index (χ2n) is 5.42. The van der Waals surface area contributed by atoms with E-state index in [9.17, 15) is 4.79 Å². The van der Waals surface area contributed by atoms with E-state index in [-0.39, 0.29) is 5.91 Å². The van der Waals surface area contributed by atoms with Gasteiger partial charge in [0, 0.05) is 24.7 Å². The van der Waals surface area contributed by atoms with Gasteiger partial charge in [-0.2, -0.15) is 0 Å². The molecule has 2 rings (SSSR count). The summed E-state index contributed by atoms with van der Waals surface area (Å²) < 4.78 is 0. The van der Waals surface area contributed by atoms with Crippen LogP contribution in [-0.2, 0) is 6.54 Å². The minimum atomic E-state index is -0.374. The van der Waals surface area contributed by atoms with Crippen LogP contribution in [0.5, 0.6) is 0 Å². The molecule has 2 unspecified atom stereocenters. The highest BCUT2D eigenvalue weighted by Gasteiger charge is 2.24. The third kappa shape index (κ3) is 3.55. The molecule has 104 valence electrons. The van der Waals surface area contributed by atoms with Crippen molar-refractivity contribution in [3.8, 4) is 0 Å². The van der Waals surface area contributed by atoms with Crippen LogP contribution in [0.1, 0.15) is 35.7 Å². The maximum atomic E-state index is 11.0. The molecule has 0 aliphatic carbocycles. The molecule has 1 aromatic carbocycles. The van der Waals surface area contributed by atoms with E-state index < -0.39 is 0 Å². The van der Waals surface area contributed by atoms with E-state index in [0.29, 0.717) is 17.5 Å². The third-order valence-electron chi connectivity index (χ3n) is 4.05. The van der Waals surface area contributed by atoms with Gasteiger partial charge in [0.1, 0.15) is 0 Å². The molecule has 0 spiro atoms. The number of rotatable bonds is 4. The van der Waals surface area contributed by atoms with Gasteiger partial charge < -0.3 is 11.5 Å². The molecule has 0 saturated carbocycles. The summed E-state index contributed by atoms with van der Waals surface area (Å²) in [7, 11) is 0. The fraction of sp³-hybridized carbons (Fsp3) is 0.533. The molecular weight excluding hydrogens is 238 g/mol. The van der Waals surface area contributed by atoms with E-state index in [0.717, 1.165) is 32.5 Å². The Hall–Kier alpha value is -1.39. The first-order valence-electron chi connectivity index (χ1n) is 6.96. The van der Waals surface area contributed by atoms with Crippen molar-refractivity contribution in [3.63, 3.8) is 0 Å². The van der Waals surface area contributed by atoms with Crippen LogP contribution in [-0.4, -0.2) is 29.9 Å². The molecule has 1 aromatic rings. The van der Waals surface area contributed by atoms with Crippen LogP contribution in [0.15, 0.2) is 24.3 Å². The Balaban J connectivity index is 1.95. The highest BCUT2D eigenvalue weighted by atomic mass is 16.1. The summed E-state index contributed by atoms with van der Waals surface area (Å²) in [5, 5.41) is 0. The average molecular weight is 261 g/mol. The van der Waals surface area contributed by atoms with E-state index in [1.807, 2.05) is 12.1 Å². The lowest BCUT2D eigenvalue weighted by atomic mass is 9.90. The van der Waals surface area contributed by atoms with Crippen LogP contribution in [0, 0.1) is 5.92 Å². The van der Waals surface area contributed by atoms with Gasteiger partial charge in [0.15, 0.2) is 0 Å². The molecular formula is C15H23N3O. The molecule has 1 amide bonds. The molecule has 4 N–H and O–H groups in total. The smallest absolute Gasteiger partial charge is 0.248 e. The SMILES string of the molecule is CCC1CN(Cc2ccc(C(N)=O)cc2)CCC1N. The Morgan fingerprint density at radius 1 is 1.37 bits per heavy atom. The lowest BCUT2D eigenvalue weighted by molar-refractivity contribution is 0.1000. The number of nitrogens with zero attached hydrogens (tertiary/aromatic N) is 1. The van der Waals surface area contributed by atoms with Crippen molar-refractivity contribution >= 4 is 5.91 Å². The normalized spacial score (nSPS) is 24.3.